The molecule has 0 spiro atoms. The molecule has 0 saturated heterocycles. The summed E-state index contributed by atoms with van der Waals surface area (Å²) in [5.41, 5.74) is 7.78. The molecule has 186 valence electrons. The van der Waals surface area contributed by atoms with E-state index in [0.29, 0.717) is 11.5 Å². The van der Waals surface area contributed by atoms with Crippen LogP contribution < -0.4 is 10.6 Å². The molecule has 8 heteroatoms. The van der Waals surface area contributed by atoms with E-state index < -0.39 is 0 Å². The molecule has 0 radical (unpaired) electrons. The summed E-state index contributed by atoms with van der Waals surface area (Å²) >= 11 is 13.1. The summed E-state index contributed by atoms with van der Waals surface area (Å²) in [5.74, 6) is 1.01. The Labute approximate surface area is 238 Å². The average Bonchev–Trinajstić information content (AvgIpc) is 3.32. The average molecular weight is 635 g/mol. The third-order valence-corrected chi connectivity index (χ3v) is 8.09. The highest BCUT2D eigenvalue weighted by Crippen LogP contribution is 2.37. The van der Waals surface area contributed by atoms with Crippen molar-refractivity contribution in [3.8, 4) is 11.1 Å². The number of hydrogen-bond acceptors (Lipinski definition) is 3. The van der Waals surface area contributed by atoms with E-state index in [1.165, 1.54) is 16.7 Å². The second-order valence-electron chi connectivity index (χ2n) is 9.15. The summed E-state index contributed by atoms with van der Waals surface area (Å²) in [6, 6.07) is 26.9. The molecule has 0 saturated carbocycles. The van der Waals surface area contributed by atoms with Gasteiger partial charge in [-0.1, -0.05) is 74.4 Å². The molecular weight excluding hydrogens is 610 g/mol. The van der Waals surface area contributed by atoms with Crippen molar-refractivity contribution < 1.29 is 0 Å². The van der Waals surface area contributed by atoms with Crippen molar-refractivity contribution in [3.63, 3.8) is 0 Å². The van der Waals surface area contributed by atoms with Crippen molar-refractivity contribution in [3.05, 3.63) is 105 Å². The van der Waals surface area contributed by atoms with Crippen LogP contribution in [0.3, 0.4) is 0 Å². The van der Waals surface area contributed by atoms with E-state index in [0.717, 1.165) is 63.3 Å². The van der Waals surface area contributed by atoms with Crippen LogP contribution in [0.4, 0.5) is 11.4 Å². The second kappa shape index (κ2) is 10.4. The molecule has 0 amide bonds. The largest absolute Gasteiger partial charge is 0.378 e. The van der Waals surface area contributed by atoms with Gasteiger partial charge in [0.1, 0.15) is 16.3 Å². The van der Waals surface area contributed by atoms with Gasteiger partial charge in [-0.15, -0.1) is 0 Å². The van der Waals surface area contributed by atoms with Gasteiger partial charge in [0, 0.05) is 38.0 Å². The van der Waals surface area contributed by atoms with Crippen molar-refractivity contribution in [2.24, 2.45) is 0 Å². The van der Waals surface area contributed by atoms with Gasteiger partial charge in [-0.2, -0.15) is 5.10 Å². The highest BCUT2D eigenvalue weighted by molar-refractivity contribution is 9.10. The first kappa shape index (κ1) is 24.4. The topological polar surface area (TPSA) is 46.3 Å². The minimum Gasteiger partial charge on any atom is -0.378 e. The van der Waals surface area contributed by atoms with Crippen LogP contribution in [0.1, 0.15) is 29.9 Å². The number of anilines is 2. The third-order valence-electron chi connectivity index (χ3n) is 6.74. The zero-order valence-electron chi connectivity index (χ0n) is 20.0. The minimum atomic E-state index is 0.635. The molecule has 1 aliphatic heterocycles. The van der Waals surface area contributed by atoms with Crippen molar-refractivity contribution in [2.45, 2.75) is 32.4 Å². The van der Waals surface area contributed by atoms with Gasteiger partial charge in [-0.05, 0) is 73.4 Å². The molecule has 0 unspecified atom stereocenters. The molecule has 2 N–H and O–H groups in total. The zero-order valence-corrected chi connectivity index (χ0v) is 24.0. The lowest BCUT2D eigenvalue weighted by Crippen LogP contribution is -2.15. The van der Waals surface area contributed by atoms with Crippen molar-refractivity contribution in [1.82, 2.24) is 14.2 Å². The lowest BCUT2D eigenvalue weighted by molar-refractivity contribution is 0.619. The van der Waals surface area contributed by atoms with Gasteiger partial charge in [0.25, 0.3) is 0 Å². The Kier molecular flexibility index (Phi) is 6.88. The number of nitrogens with zero attached hydrogens (tertiary/aromatic N) is 3. The molecule has 37 heavy (non-hydrogen) atoms. The number of rotatable bonds is 6. The Morgan fingerprint density at radius 3 is 2.24 bits per heavy atom. The Morgan fingerprint density at radius 1 is 0.865 bits per heavy atom. The van der Waals surface area contributed by atoms with Crippen molar-refractivity contribution >= 4 is 66.1 Å². The molecule has 0 atom stereocenters. The summed E-state index contributed by atoms with van der Waals surface area (Å²) < 4.78 is 6.56. The normalized spacial score (nSPS) is 12.9. The molecule has 0 aliphatic carbocycles. The fraction of sp³-hybridized carbons (Fsp3) is 0.172. The summed E-state index contributed by atoms with van der Waals surface area (Å²) in [7, 11) is 0. The first-order valence-electron chi connectivity index (χ1n) is 12.3. The Bertz CT molecular complexity index is 1570. The lowest BCUT2D eigenvalue weighted by Gasteiger charge is -2.12. The van der Waals surface area contributed by atoms with E-state index in [4.69, 9.17) is 17.3 Å². The summed E-state index contributed by atoms with van der Waals surface area (Å²) in [4.78, 5) is 0.667. The smallest absolute Gasteiger partial charge is 0.150 e. The van der Waals surface area contributed by atoms with E-state index in [-0.39, 0.29) is 0 Å². The second-order valence-corrected chi connectivity index (χ2v) is 11.4. The molecule has 6 rings (SSSR count). The number of benzene rings is 3. The Morgan fingerprint density at radius 2 is 1.54 bits per heavy atom. The van der Waals surface area contributed by atoms with E-state index in [9.17, 15) is 0 Å². The zero-order chi connectivity index (χ0) is 25.4. The predicted molar refractivity (Wildman–Crippen MR) is 162 cm³/mol. The summed E-state index contributed by atoms with van der Waals surface area (Å²) in [6.45, 7) is 1.58. The number of aromatic nitrogens is 3. The van der Waals surface area contributed by atoms with Crippen LogP contribution in [-0.4, -0.2) is 19.2 Å². The SMILES string of the molecule is S=C(Nc1ccc(Br)cc1)c1c(-c2ccccc2)c2c3n(c(CNc4ccc(Br)cc4)nn13)CCCC2. The Balaban J connectivity index is 1.47. The standard InChI is InChI=1S/C29H25Br2N5S/c30-20-9-13-22(14-10-20)32-18-25-34-36-27(28(37)33-23-15-11-21(31)12-16-23)26(19-6-2-1-3-7-19)24-8-4-5-17-35(25)29(24)36/h1-3,6-7,9-16,32H,4-5,8,17-18H2,(H,33,37). The highest BCUT2D eigenvalue weighted by Gasteiger charge is 2.29. The molecule has 3 aromatic carbocycles. The lowest BCUT2D eigenvalue weighted by atomic mass is 9.98. The van der Waals surface area contributed by atoms with Gasteiger partial charge in [0.05, 0.1) is 6.54 Å². The van der Waals surface area contributed by atoms with Crippen LogP contribution in [0.25, 0.3) is 16.8 Å². The fourth-order valence-electron chi connectivity index (χ4n) is 5.03. The van der Waals surface area contributed by atoms with Gasteiger partial charge in [0.2, 0.25) is 0 Å². The van der Waals surface area contributed by atoms with Crippen LogP contribution in [0.5, 0.6) is 0 Å². The third kappa shape index (κ3) is 4.85. The van der Waals surface area contributed by atoms with Gasteiger partial charge in [0.15, 0.2) is 5.82 Å². The van der Waals surface area contributed by atoms with Gasteiger partial charge in [-0.3, -0.25) is 0 Å². The van der Waals surface area contributed by atoms with E-state index in [2.05, 4.69) is 94.0 Å². The van der Waals surface area contributed by atoms with Crippen LogP contribution in [-0.2, 0) is 19.5 Å². The molecule has 0 bridgehead atoms. The predicted octanol–water partition coefficient (Wildman–Crippen LogP) is 8.06. The highest BCUT2D eigenvalue weighted by atomic mass is 79.9. The summed E-state index contributed by atoms with van der Waals surface area (Å²) in [6.07, 6.45) is 3.25. The van der Waals surface area contributed by atoms with Crippen LogP contribution in [0.2, 0.25) is 0 Å². The van der Waals surface area contributed by atoms with E-state index in [1.54, 1.807) is 0 Å². The number of halogens is 2. The fourth-order valence-corrected chi connectivity index (χ4v) is 5.87. The molecule has 2 aromatic heterocycles. The Hall–Kier alpha value is -2.94. The van der Waals surface area contributed by atoms with Gasteiger partial charge >= 0.3 is 0 Å². The molecule has 0 fully saturated rings. The monoisotopic (exact) mass is 633 g/mol. The maximum absolute atomic E-state index is 6.06. The first-order valence-corrected chi connectivity index (χ1v) is 14.3. The quantitative estimate of drug-likeness (QED) is 0.186. The molecule has 5 nitrogen and oxygen atoms in total. The van der Waals surface area contributed by atoms with Crippen LogP contribution >= 0.6 is 44.1 Å². The number of aryl methyl sites for hydroxylation is 2. The van der Waals surface area contributed by atoms with Crippen molar-refractivity contribution in [1.29, 1.82) is 0 Å². The van der Waals surface area contributed by atoms with Crippen LogP contribution in [0.15, 0.2) is 87.8 Å². The number of nitrogens with one attached hydrogen (secondary N) is 2. The number of hydrogen-bond donors (Lipinski definition) is 2. The number of thiocarbonyl (C=S) groups is 1. The van der Waals surface area contributed by atoms with Gasteiger partial charge < -0.3 is 15.2 Å². The van der Waals surface area contributed by atoms with Crippen molar-refractivity contribution in [2.75, 3.05) is 10.6 Å². The molecular formula is C29H25Br2N5S. The molecule has 5 aromatic rings. The maximum Gasteiger partial charge on any atom is 0.150 e. The molecule has 1 aliphatic rings. The van der Waals surface area contributed by atoms with Gasteiger partial charge in [-0.25, -0.2) is 4.52 Å². The summed E-state index contributed by atoms with van der Waals surface area (Å²) in [5, 5.41) is 12.2. The first-order chi connectivity index (χ1) is 18.1. The maximum atomic E-state index is 6.06. The van der Waals surface area contributed by atoms with E-state index >= 15 is 0 Å². The molecule has 3 heterocycles. The van der Waals surface area contributed by atoms with Crippen LogP contribution in [0, 0.1) is 0 Å². The van der Waals surface area contributed by atoms with E-state index in [1.807, 2.05) is 36.4 Å². The minimum absolute atomic E-state index is 0.635.